The van der Waals surface area contributed by atoms with Crippen molar-refractivity contribution >= 4 is 5.91 Å². The van der Waals surface area contributed by atoms with E-state index in [0.717, 1.165) is 23.7 Å². The molecule has 1 amide bonds. The Hall–Kier alpha value is -0.530. The van der Waals surface area contributed by atoms with Crippen LogP contribution in [0.4, 0.5) is 0 Å². The highest BCUT2D eigenvalue weighted by Gasteiger charge is 2.61. The standard InChI is InChI=1S/C13H21NO/c1-13(2,3)12(15)14-11-5-7-4-10(11)9-6-8(7)9/h7-11H,4-6H2,1-3H3,(H,14,15)/t7-,8-,9+,10+,11-/m1/s1. The lowest BCUT2D eigenvalue weighted by Gasteiger charge is -2.27. The molecule has 1 N–H and O–H groups in total. The molecule has 0 aliphatic heterocycles. The van der Waals surface area contributed by atoms with Crippen molar-refractivity contribution in [3.05, 3.63) is 0 Å². The molecule has 5 atom stereocenters. The Labute approximate surface area is 91.8 Å². The molecule has 0 aromatic heterocycles. The van der Waals surface area contributed by atoms with Crippen LogP contribution in [0, 0.1) is 29.1 Å². The molecule has 0 unspecified atom stereocenters. The van der Waals surface area contributed by atoms with Crippen molar-refractivity contribution in [1.29, 1.82) is 0 Å². The van der Waals surface area contributed by atoms with Crippen molar-refractivity contribution < 1.29 is 4.79 Å². The first-order chi connectivity index (χ1) is 6.97. The Kier molecular flexibility index (Phi) is 1.79. The van der Waals surface area contributed by atoms with E-state index in [4.69, 9.17) is 0 Å². The van der Waals surface area contributed by atoms with Gasteiger partial charge >= 0.3 is 0 Å². The second kappa shape index (κ2) is 2.78. The van der Waals surface area contributed by atoms with Crippen LogP contribution in [0.15, 0.2) is 0 Å². The first-order valence-electron chi connectivity index (χ1n) is 6.28. The van der Waals surface area contributed by atoms with Gasteiger partial charge < -0.3 is 5.32 Å². The van der Waals surface area contributed by atoms with Gasteiger partial charge in [0.05, 0.1) is 0 Å². The number of hydrogen-bond acceptors (Lipinski definition) is 1. The van der Waals surface area contributed by atoms with E-state index in [1.807, 2.05) is 20.8 Å². The van der Waals surface area contributed by atoms with Crippen molar-refractivity contribution in [3.63, 3.8) is 0 Å². The second-order valence-corrected chi connectivity index (χ2v) is 6.79. The summed E-state index contributed by atoms with van der Waals surface area (Å²) in [5.41, 5.74) is -0.231. The van der Waals surface area contributed by atoms with Crippen LogP contribution in [0.25, 0.3) is 0 Å². The zero-order valence-corrected chi connectivity index (χ0v) is 9.92. The van der Waals surface area contributed by atoms with E-state index in [-0.39, 0.29) is 11.3 Å². The molecule has 3 rings (SSSR count). The maximum atomic E-state index is 11.9. The lowest BCUT2D eigenvalue weighted by molar-refractivity contribution is -0.129. The molecule has 15 heavy (non-hydrogen) atoms. The summed E-state index contributed by atoms with van der Waals surface area (Å²) in [6, 6.07) is 0.505. The Morgan fingerprint density at radius 3 is 2.33 bits per heavy atom. The van der Waals surface area contributed by atoms with Gasteiger partial charge in [0, 0.05) is 11.5 Å². The molecule has 2 nitrogen and oxygen atoms in total. The minimum Gasteiger partial charge on any atom is -0.353 e. The molecule has 3 saturated carbocycles. The van der Waals surface area contributed by atoms with Gasteiger partial charge in [-0.2, -0.15) is 0 Å². The lowest BCUT2D eigenvalue weighted by atomic mass is 9.91. The smallest absolute Gasteiger partial charge is 0.225 e. The van der Waals surface area contributed by atoms with Gasteiger partial charge in [0.1, 0.15) is 0 Å². The van der Waals surface area contributed by atoms with Gasteiger partial charge in [-0.15, -0.1) is 0 Å². The van der Waals surface area contributed by atoms with Gasteiger partial charge in [-0.05, 0) is 42.9 Å². The normalized spacial score (nSPS) is 46.5. The van der Waals surface area contributed by atoms with E-state index in [9.17, 15) is 4.79 Å². The molecule has 84 valence electrons. The van der Waals surface area contributed by atoms with Crippen LogP contribution >= 0.6 is 0 Å². The summed E-state index contributed by atoms with van der Waals surface area (Å²) in [6.45, 7) is 5.99. The molecule has 2 heteroatoms. The fraction of sp³-hybridized carbons (Fsp3) is 0.923. The molecule has 0 radical (unpaired) electrons. The topological polar surface area (TPSA) is 29.1 Å². The fourth-order valence-electron chi connectivity index (χ4n) is 3.75. The lowest BCUT2D eigenvalue weighted by Crippen LogP contribution is -2.44. The van der Waals surface area contributed by atoms with Crippen LogP contribution in [-0.2, 0) is 4.79 Å². The maximum Gasteiger partial charge on any atom is 0.225 e. The molecule has 0 spiro atoms. The second-order valence-electron chi connectivity index (χ2n) is 6.79. The molecular weight excluding hydrogens is 186 g/mol. The molecule has 3 aliphatic rings. The summed E-state index contributed by atoms with van der Waals surface area (Å²) in [5, 5.41) is 3.27. The Balaban J connectivity index is 1.64. The highest BCUT2D eigenvalue weighted by atomic mass is 16.2. The summed E-state index contributed by atoms with van der Waals surface area (Å²) in [5.74, 6) is 4.04. The number of fused-ring (bicyclic) bond motifs is 5. The minimum atomic E-state index is -0.231. The van der Waals surface area contributed by atoms with Gasteiger partial charge in [0.25, 0.3) is 0 Å². The van der Waals surface area contributed by atoms with Gasteiger partial charge in [-0.25, -0.2) is 0 Å². The minimum absolute atomic E-state index is 0.231. The van der Waals surface area contributed by atoms with Crippen LogP contribution in [0.1, 0.15) is 40.0 Å². The van der Waals surface area contributed by atoms with Crippen molar-refractivity contribution in [2.24, 2.45) is 29.1 Å². The average Bonchev–Trinajstić information content (AvgIpc) is 2.74. The third-order valence-electron chi connectivity index (χ3n) is 4.69. The number of hydrogen-bond donors (Lipinski definition) is 1. The van der Waals surface area contributed by atoms with Crippen LogP contribution < -0.4 is 5.32 Å². The Morgan fingerprint density at radius 1 is 1.07 bits per heavy atom. The first kappa shape index (κ1) is 9.68. The van der Waals surface area contributed by atoms with E-state index in [1.54, 1.807) is 0 Å². The number of amides is 1. The third-order valence-corrected chi connectivity index (χ3v) is 4.69. The van der Waals surface area contributed by atoms with Crippen molar-refractivity contribution in [2.75, 3.05) is 0 Å². The summed E-state index contributed by atoms with van der Waals surface area (Å²) in [6.07, 6.45) is 4.11. The number of nitrogens with one attached hydrogen (secondary N) is 1. The van der Waals surface area contributed by atoms with Gasteiger partial charge in [-0.3, -0.25) is 4.79 Å². The predicted molar refractivity (Wildman–Crippen MR) is 59.2 cm³/mol. The average molecular weight is 207 g/mol. The van der Waals surface area contributed by atoms with E-state index in [1.165, 1.54) is 19.3 Å². The largest absolute Gasteiger partial charge is 0.353 e. The molecule has 0 saturated heterocycles. The van der Waals surface area contributed by atoms with E-state index in [2.05, 4.69) is 5.32 Å². The monoisotopic (exact) mass is 207 g/mol. The SMILES string of the molecule is CC(C)(C)C(=O)N[C@@H]1C[C@H]2C[C@H]1[C@H]1C[C@H]21. The fourth-order valence-corrected chi connectivity index (χ4v) is 3.75. The molecular formula is C13H21NO. The number of rotatable bonds is 1. The summed E-state index contributed by atoms with van der Waals surface area (Å²) in [4.78, 5) is 11.9. The first-order valence-corrected chi connectivity index (χ1v) is 6.28. The Bertz CT molecular complexity index is 304. The van der Waals surface area contributed by atoms with Crippen LogP contribution in [0.5, 0.6) is 0 Å². The zero-order chi connectivity index (χ0) is 10.8. The van der Waals surface area contributed by atoms with Gasteiger partial charge in [-0.1, -0.05) is 20.8 Å². The summed E-state index contributed by atoms with van der Waals surface area (Å²) >= 11 is 0. The number of carbonyl (C=O) groups excluding carboxylic acids is 1. The van der Waals surface area contributed by atoms with Crippen LogP contribution in [-0.4, -0.2) is 11.9 Å². The van der Waals surface area contributed by atoms with E-state index >= 15 is 0 Å². The van der Waals surface area contributed by atoms with Gasteiger partial charge in [0.15, 0.2) is 0 Å². The van der Waals surface area contributed by atoms with Crippen molar-refractivity contribution in [2.45, 2.75) is 46.1 Å². The quantitative estimate of drug-likeness (QED) is 0.701. The van der Waals surface area contributed by atoms with Crippen molar-refractivity contribution in [1.82, 2.24) is 5.32 Å². The Morgan fingerprint density at radius 2 is 1.80 bits per heavy atom. The van der Waals surface area contributed by atoms with Crippen LogP contribution in [0.3, 0.4) is 0 Å². The molecule has 3 aliphatic carbocycles. The predicted octanol–water partition coefficient (Wildman–Crippen LogP) is 2.19. The third kappa shape index (κ3) is 1.41. The molecule has 0 aromatic rings. The molecule has 0 heterocycles. The molecule has 3 fully saturated rings. The zero-order valence-electron chi connectivity index (χ0n) is 9.92. The maximum absolute atomic E-state index is 11.9. The highest BCUT2D eigenvalue weighted by molar-refractivity contribution is 5.81. The van der Waals surface area contributed by atoms with Crippen LogP contribution in [0.2, 0.25) is 0 Å². The van der Waals surface area contributed by atoms with E-state index in [0.29, 0.717) is 6.04 Å². The van der Waals surface area contributed by atoms with Crippen molar-refractivity contribution in [3.8, 4) is 0 Å². The van der Waals surface area contributed by atoms with E-state index < -0.39 is 0 Å². The molecule has 2 bridgehead atoms. The summed E-state index contributed by atoms with van der Waals surface area (Å²) in [7, 11) is 0. The highest BCUT2D eigenvalue weighted by Crippen LogP contribution is 2.65. The van der Waals surface area contributed by atoms with Gasteiger partial charge in [0.2, 0.25) is 5.91 Å². The number of carbonyl (C=O) groups is 1. The molecule has 0 aromatic carbocycles. The summed E-state index contributed by atoms with van der Waals surface area (Å²) < 4.78 is 0.